The van der Waals surface area contributed by atoms with Gasteiger partial charge in [-0.1, -0.05) is 23.7 Å². The van der Waals surface area contributed by atoms with Crippen LogP contribution in [0.2, 0.25) is 5.02 Å². The van der Waals surface area contributed by atoms with Gasteiger partial charge in [0, 0.05) is 17.0 Å². The molecule has 1 aliphatic heterocycles. The summed E-state index contributed by atoms with van der Waals surface area (Å²) >= 11 is 5.85. The number of para-hydroxylation sites is 1. The van der Waals surface area contributed by atoms with E-state index in [1.807, 2.05) is 0 Å². The summed E-state index contributed by atoms with van der Waals surface area (Å²) in [5, 5.41) is 3.58. The molecule has 2 amide bonds. The van der Waals surface area contributed by atoms with Gasteiger partial charge < -0.3 is 15.5 Å². The zero-order chi connectivity index (χ0) is 21.5. The predicted octanol–water partition coefficient (Wildman–Crippen LogP) is 2.98. The smallest absolute Gasteiger partial charge is 0.286 e. The minimum Gasteiger partial charge on any atom is -0.449 e. The number of carbonyl (C=O) groups excluding carboxylic acids is 2. The lowest BCUT2D eigenvalue weighted by molar-refractivity contribution is -0.119. The van der Waals surface area contributed by atoms with Crippen molar-refractivity contribution in [3.05, 3.63) is 59.3 Å². The maximum Gasteiger partial charge on any atom is 0.286 e. The topological polar surface area (TPSA) is 123 Å². The number of nitrogens with zero attached hydrogens (tertiary/aromatic N) is 1. The quantitative estimate of drug-likeness (QED) is 0.622. The average Bonchev–Trinajstić information content (AvgIpc) is 3.34. The van der Waals surface area contributed by atoms with Crippen molar-refractivity contribution >= 4 is 50.1 Å². The van der Waals surface area contributed by atoms with Crippen molar-refractivity contribution in [1.29, 1.82) is 0 Å². The first kappa shape index (κ1) is 20.4. The third-order valence-corrected chi connectivity index (χ3v) is 7.17. The lowest BCUT2D eigenvalue weighted by Crippen LogP contribution is -2.43. The van der Waals surface area contributed by atoms with Gasteiger partial charge in [0.1, 0.15) is 17.3 Å². The molecule has 0 spiro atoms. The van der Waals surface area contributed by atoms with Gasteiger partial charge in [0.05, 0.1) is 4.90 Å². The maximum absolute atomic E-state index is 13.1. The van der Waals surface area contributed by atoms with Gasteiger partial charge in [-0.25, -0.2) is 8.42 Å². The van der Waals surface area contributed by atoms with Crippen molar-refractivity contribution in [2.75, 3.05) is 11.9 Å². The minimum absolute atomic E-state index is 0.0539. The number of fused-ring (bicyclic) bond motifs is 1. The molecule has 1 aromatic heterocycles. The van der Waals surface area contributed by atoms with Crippen LogP contribution in [0.25, 0.3) is 11.0 Å². The Labute approximate surface area is 177 Å². The number of hydrogen-bond acceptors (Lipinski definition) is 5. The molecule has 2 aromatic carbocycles. The van der Waals surface area contributed by atoms with E-state index in [9.17, 15) is 18.0 Å². The molecule has 3 aromatic rings. The molecule has 156 valence electrons. The third-order valence-electron chi connectivity index (χ3n) is 4.99. The molecule has 1 fully saturated rings. The lowest BCUT2D eigenvalue weighted by Gasteiger charge is -2.23. The van der Waals surface area contributed by atoms with E-state index in [2.05, 4.69) is 5.32 Å². The Morgan fingerprint density at radius 1 is 1.13 bits per heavy atom. The normalized spacial score (nSPS) is 17.3. The first-order valence-corrected chi connectivity index (χ1v) is 11.0. The van der Waals surface area contributed by atoms with Gasteiger partial charge in [0.25, 0.3) is 5.91 Å². The van der Waals surface area contributed by atoms with Crippen LogP contribution in [0.4, 0.5) is 5.69 Å². The number of primary amides is 1. The highest BCUT2D eigenvalue weighted by Crippen LogP contribution is 2.32. The fourth-order valence-electron chi connectivity index (χ4n) is 3.58. The number of amides is 2. The number of nitrogens with two attached hydrogens (primary N) is 1. The van der Waals surface area contributed by atoms with Crippen LogP contribution in [0.3, 0.4) is 0 Å². The highest BCUT2D eigenvalue weighted by molar-refractivity contribution is 7.89. The summed E-state index contributed by atoms with van der Waals surface area (Å²) in [6, 6.07) is 11.6. The minimum atomic E-state index is -3.90. The zero-order valence-corrected chi connectivity index (χ0v) is 17.2. The predicted molar refractivity (Wildman–Crippen MR) is 112 cm³/mol. The van der Waals surface area contributed by atoms with E-state index in [0.717, 1.165) is 4.31 Å². The molecule has 3 N–H and O–H groups in total. The second kappa shape index (κ2) is 7.75. The van der Waals surface area contributed by atoms with Crippen LogP contribution >= 0.6 is 11.6 Å². The van der Waals surface area contributed by atoms with E-state index in [4.69, 9.17) is 21.8 Å². The van der Waals surface area contributed by atoms with Gasteiger partial charge in [-0.15, -0.1) is 0 Å². The molecular formula is C20H18ClN3O5S. The molecule has 0 radical (unpaired) electrons. The van der Waals surface area contributed by atoms with Gasteiger partial charge in [-0.2, -0.15) is 4.31 Å². The van der Waals surface area contributed by atoms with Crippen LogP contribution < -0.4 is 11.1 Å². The standard InChI is InChI=1S/C20H18ClN3O5S/c21-12-7-9-13(10-8-12)30(27,28)24-11-3-5-15(24)20(26)23-17-14-4-1-2-6-16(14)29-18(17)19(22)25/h1-2,4,6-10,15H,3,5,11H2,(H2,22,25)(H,23,26). The molecule has 4 rings (SSSR count). The summed E-state index contributed by atoms with van der Waals surface area (Å²) in [6.45, 7) is 0.206. The number of rotatable bonds is 5. The SMILES string of the molecule is NC(=O)c1oc2ccccc2c1NC(=O)C1CCCN1S(=O)(=O)c1ccc(Cl)cc1. The van der Waals surface area contributed by atoms with Gasteiger partial charge in [0.15, 0.2) is 0 Å². The van der Waals surface area contributed by atoms with Crippen molar-refractivity contribution in [2.45, 2.75) is 23.8 Å². The second-order valence-electron chi connectivity index (χ2n) is 6.88. The van der Waals surface area contributed by atoms with E-state index in [1.165, 1.54) is 24.3 Å². The summed E-state index contributed by atoms with van der Waals surface area (Å²) in [6.07, 6.45) is 0.875. The first-order chi connectivity index (χ1) is 14.3. The monoisotopic (exact) mass is 447 g/mol. The highest BCUT2D eigenvalue weighted by Gasteiger charge is 2.40. The van der Waals surface area contributed by atoms with E-state index >= 15 is 0 Å². The number of halogens is 1. The Hall–Kier alpha value is -2.88. The van der Waals surface area contributed by atoms with Crippen molar-refractivity contribution in [3.8, 4) is 0 Å². The fraction of sp³-hybridized carbons (Fsp3) is 0.200. The Balaban J connectivity index is 1.65. The van der Waals surface area contributed by atoms with E-state index in [0.29, 0.717) is 28.8 Å². The van der Waals surface area contributed by atoms with Gasteiger partial charge in [0.2, 0.25) is 21.7 Å². The highest BCUT2D eigenvalue weighted by atomic mass is 35.5. The number of carbonyl (C=O) groups is 2. The third kappa shape index (κ3) is 3.55. The fourth-order valence-corrected chi connectivity index (χ4v) is 5.36. The molecule has 8 nitrogen and oxygen atoms in total. The molecule has 1 unspecified atom stereocenters. The molecule has 1 aliphatic rings. The number of furan rings is 1. The van der Waals surface area contributed by atoms with Crippen LogP contribution in [0.1, 0.15) is 23.4 Å². The van der Waals surface area contributed by atoms with Crippen molar-refractivity contribution in [3.63, 3.8) is 0 Å². The Kier molecular flexibility index (Phi) is 5.27. The van der Waals surface area contributed by atoms with Crippen molar-refractivity contribution < 1.29 is 22.4 Å². The molecule has 10 heteroatoms. The number of anilines is 1. The molecule has 0 saturated carbocycles. The van der Waals surface area contributed by atoms with Crippen LogP contribution in [0.5, 0.6) is 0 Å². The number of sulfonamides is 1. The molecule has 1 atom stereocenters. The number of benzene rings is 2. The van der Waals surface area contributed by atoms with Crippen LogP contribution in [0, 0.1) is 0 Å². The average molecular weight is 448 g/mol. The van der Waals surface area contributed by atoms with Crippen molar-refractivity contribution in [1.82, 2.24) is 4.31 Å². The summed E-state index contributed by atoms with van der Waals surface area (Å²) in [7, 11) is -3.90. The molecule has 1 saturated heterocycles. The van der Waals surface area contributed by atoms with Gasteiger partial charge in [-0.3, -0.25) is 9.59 Å². The van der Waals surface area contributed by atoms with E-state index in [-0.39, 0.29) is 22.9 Å². The molecule has 0 bridgehead atoms. The summed E-state index contributed by atoms with van der Waals surface area (Å²) in [5.41, 5.74) is 5.92. The van der Waals surface area contributed by atoms with Crippen LogP contribution in [-0.4, -0.2) is 37.1 Å². The number of nitrogens with one attached hydrogen (secondary N) is 1. The largest absolute Gasteiger partial charge is 0.449 e. The van der Waals surface area contributed by atoms with E-state index < -0.39 is 27.9 Å². The zero-order valence-electron chi connectivity index (χ0n) is 15.7. The molecular weight excluding hydrogens is 430 g/mol. The Morgan fingerprint density at radius 2 is 1.83 bits per heavy atom. The van der Waals surface area contributed by atoms with Gasteiger partial charge >= 0.3 is 0 Å². The Bertz CT molecular complexity index is 1240. The van der Waals surface area contributed by atoms with Crippen LogP contribution in [0.15, 0.2) is 57.8 Å². The van der Waals surface area contributed by atoms with Gasteiger partial charge in [-0.05, 0) is 49.2 Å². The maximum atomic E-state index is 13.1. The number of hydrogen-bond donors (Lipinski definition) is 2. The summed E-state index contributed by atoms with van der Waals surface area (Å²) in [4.78, 5) is 24.9. The molecule has 2 heterocycles. The first-order valence-electron chi connectivity index (χ1n) is 9.18. The van der Waals surface area contributed by atoms with E-state index in [1.54, 1.807) is 24.3 Å². The lowest BCUT2D eigenvalue weighted by atomic mass is 10.2. The second-order valence-corrected chi connectivity index (χ2v) is 9.21. The summed E-state index contributed by atoms with van der Waals surface area (Å²) in [5.74, 6) is -1.58. The summed E-state index contributed by atoms with van der Waals surface area (Å²) < 4.78 is 32.8. The van der Waals surface area contributed by atoms with Crippen molar-refractivity contribution in [2.24, 2.45) is 5.73 Å². The Morgan fingerprint density at radius 3 is 2.53 bits per heavy atom. The van der Waals surface area contributed by atoms with Crippen LogP contribution in [-0.2, 0) is 14.8 Å². The molecule has 0 aliphatic carbocycles. The molecule has 30 heavy (non-hydrogen) atoms.